The molecule has 0 atom stereocenters. The molecule has 0 unspecified atom stereocenters. The lowest BCUT2D eigenvalue weighted by molar-refractivity contribution is -0.262. The van der Waals surface area contributed by atoms with Crippen LogP contribution in [-0.2, 0) is 4.79 Å². The Morgan fingerprint density at radius 3 is 1.67 bits per heavy atom. The van der Waals surface area contributed by atoms with E-state index in [0.717, 1.165) is 0 Å². The number of aliphatic carboxylic acids is 1. The van der Waals surface area contributed by atoms with Gasteiger partial charge in [-0.05, 0) is 47.5 Å². The van der Waals surface area contributed by atoms with E-state index < -0.39 is 22.5 Å². The summed E-state index contributed by atoms with van der Waals surface area (Å²) in [7, 11) is 0. The van der Waals surface area contributed by atoms with E-state index in [1.54, 1.807) is 6.92 Å². The first kappa shape index (κ1) is 12.5. The van der Waals surface area contributed by atoms with Crippen molar-refractivity contribution in [2.45, 2.75) is 58.5 Å². The number of carbonyl (C=O) groups is 1. The van der Waals surface area contributed by atoms with Gasteiger partial charge < -0.3 is 10.3 Å². The summed E-state index contributed by atoms with van der Waals surface area (Å²) in [6.45, 7) is 9.24. The van der Waals surface area contributed by atoms with Crippen LogP contribution in [0.2, 0.25) is 0 Å². The molecule has 1 fully saturated rings. The molecule has 1 aliphatic heterocycles. The van der Waals surface area contributed by atoms with Gasteiger partial charge in [-0.2, -0.15) is 5.06 Å². The maximum atomic E-state index is 11.3. The number of nitrogens with zero attached hydrogens (tertiary/aromatic N) is 1. The Balaban J connectivity index is 3.09. The molecule has 0 amide bonds. The van der Waals surface area contributed by atoms with Crippen molar-refractivity contribution in [3.8, 4) is 0 Å². The highest BCUT2D eigenvalue weighted by molar-refractivity contribution is 5.74. The fourth-order valence-corrected chi connectivity index (χ4v) is 3.09. The van der Waals surface area contributed by atoms with E-state index in [4.69, 9.17) is 0 Å². The zero-order chi connectivity index (χ0) is 12.1. The van der Waals surface area contributed by atoms with Crippen molar-refractivity contribution in [3.63, 3.8) is 0 Å². The predicted molar refractivity (Wildman–Crippen MR) is 56.8 cm³/mol. The number of hydrogen-bond donors (Lipinski definition) is 2. The quantitative estimate of drug-likeness (QED) is 0.703. The molecule has 0 aromatic carbocycles. The van der Waals surface area contributed by atoms with E-state index in [2.05, 4.69) is 0 Å². The average molecular weight is 215 g/mol. The molecule has 88 valence electrons. The van der Waals surface area contributed by atoms with Crippen molar-refractivity contribution < 1.29 is 15.1 Å². The summed E-state index contributed by atoms with van der Waals surface area (Å²) >= 11 is 0. The first-order valence-corrected chi connectivity index (χ1v) is 5.24. The number of piperidine rings is 1. The Morgan fingerprint density at radius 1 is 1.07 bits per heavy atom. The summed E-state index contributed by atoms with van der Waals surface area (Å²) in [4.78, 5) is 11.3. The molecule has 4 nitrogen and oxygen atoms in total. The van der Waals surface area contributed by atoms with E-state index in [-0.39, 0.29) is 0 Å². The topological polar surface area (TPSA) is 60.8 Å². The number of carboxylic acid groups (broad SMARTS) is 1. The van der Waals surface area contributed by atoms with E-state index in [0.29, 0.717) is 12.8 Å². The maximum Gasteiger partial charge on any atom is 0.309 e. The fraction of sp³-hybridized carbons (Fsp3) is 0.909. The highest BCUT2D eigenvalue weighted by Gasteiger charge is 2.53. The number of hydroxylamine groups is 2. The van der Waals surface area contributed by atoms with Crippen LogP contribution in [0.4, 0.5) is 0 Å². The molecule has 15 heavy (non-hydrogen) atoms. The summed E-state index contributed by atoms with van der Waals surface area (Å²) in [6.07, 6.45) is 0.907. The number of rotatable bonds is 1. The summed E-state index contributed by atoms with van der Waals surface area (Å²) in [5.74, 6) is -0.781. The van der Waals surface area contributed by atoms with Crippen molar-refractivity contribution in [3.05, 3.63) is 0 Å². The van der Waals surface area contributed by atoms with Crippen LogP contribution in [0.15, 0.2) is 0 Å². The first-order chi connectivity index (χ1) is 6.51. The van der Waals surface area contributed by atoms with E-state index in [9.17, 15) is 15.1 Å². The molecule has 0 radical (unpaired) electrons. The lowest BCUT2D eigenvalue weighted by atomic mass is 9.66. The van der Waals surface area contributed by atoms with Gasteiger partial charge in [0.2, 0.25) is 0 Å². The minimum atomic E-state index is -0.781. The van der Waals surface area contributed by atoms with Crippen LogP contribution < -0.4 is 0 Å². The lowest BCUT2D eigenvalue weighted by Crippen LogP contribution is -2.62. The Hall–Kier alpha value is -0.610. The molecule has 1 heterocycles. The van der Waals surface area contributed by atoms with Crippen LogP contribution in [0.25, 0.3) is 0 Å². The fourth-order valence-electron chi connectivity index (χ4n) is 3.09. The third-order valence-electron chi connectivity index (χ3n) is 3.31. The van der Waals surface area contributed by atoms with Crippen LogP contribution in [0, 0.1) is 5.41 Å². The lowest BCUT2D eigenvalue weighted by Gasteiger charge is -2.54. The Morgan fingerprint density at radius 2 is 1.40 bits per heavy atom. The van der Waals surface area contributed by atoms with E-state index >= 15 is 0 Å². The smallest absolute Gasteiger partial charge is 0.309 e. The molecule has 0 bridgehead atoms. The van der Waals surface area contributed by atoms with Crippen LogP contribution in [0.5, 0.6) is 0 Å². The van der Waals surface area contributed by atoms with Gasteiger partial charge in [0, 0.05) is 11.1 Å². The van der Waals surface area contributed by atoms with E-state index in [1.165, 1.54) is 5.06 Å². The zero-order valence-electron chi connectivity index (χ0n) is 10.2. The zero-order valence-corrected chi connectivity index (χ0v) is 10.2. The Kier molecular flexibility index (Phi) is 2.65. The largest absolute Gasteiger partial charge is 0.481 e. The molecular weight excluding hydrogens is 194 g/mol. The second kappa shape index (κ2) is 3.19. The minimum Gasteiger partial charge on any atom is -0.481 e. The van der Waals surface area contributed by atoms with Crippen molar-refractivity contribution >= 4 is 5.97 Å². The van der Waals surface area contributed by atoms with Crippen LogP contribution >= 0.6 is 0 Å². The highest BCUT2D eigenvalue weighted by atomic mass is 16.5. The van der Waals surface area contributed by atoms with Gasteiger partial charge in [0.15, 0.2) is 0 Å². The molecule has 0 aromatic rings. The average Bonchev–Trinajstić information content (AvgIpc) is 1.98. The molecular formula is C11H21NO3. The van der Waals surface area contributed by atoms with Crippen LogP contribution in [0.3, 0.4) is 0 Å². The van der Waals surface area contributed by atoms with Crippen LogP contribution in [-0.4, -0.2) is 32.4 Å². The first-order valence-electron chi connectivity index (χ1n) is 5.24. The standard InChI is InChI=1S/C11H21NO3/c1-9(2)6-11(5,8(13)14)7-10(3,4)12(9)15/h15H,6-7H2,1-5H3,(H,13,14). The van der Waals surface area contributed by atoms with Gasteiger partial charge in [-0.25, -0.2) is 0 Å². The maximum absolute atomic E-state index is 11.3. The van der Waals surface area contributed by atoms with Gasteiger partial charge in [0.05, 0.1) is 5.41 Å². The SMILES string of the molecule is CC1(C(=O)O)CC(C)(C)N(O)C(C)(C)C1. The molecule has 1 rings (SSSR count). The monoisotopic (exact) mass is 215 g/mol. The van der Waals surface area contributed by atoms with Crippen molar-refractivity contribution in [2.24, 2.45) is 5.41 Å². The molecule has 1 saturated heterocycles. The molecule has 2 N–H and O–H groups in total. The van der Waals surface area contributed by atoms with Gasteiger partial charge in [-0.15, -0.1) is 0 Å². The minimum absolute atomic E-state index is 0.454. The number of hydrogen-bond acceptors (Lipinski definition) is 3. The van der Waals surface area contributed by atoms with Gasteiger partial charge in [0.25, 0.3) is 0 Å². The van der Waals surface area contributed by atoms with E-state index in [1.807, 2.05) is 27.7 Å². The van der Waals surface area contributed by atoms with Gasteiger partial charge >= 0.3 is 5.97 Å². The van der Waals surface area contributed by atoms with Crippen molar-refractivity contribution in [1.29, 1.82) is 0 Å². The molecule has 4 heteroatoms. The molecule has 1 aliphatic rings. The molecule has 0 saturated carbocycles. The Labute approximate surface area is 90.8 Å². The third-order valence-corrected chi connectivity index (χ3v) is 3.31. The van der Waals surface area contributed by atoms with Crippen molar-refractivity contribution in [2.75, 3.05) is 0 Å². The normalized spacial score (nSPS) is 28.7. The molecule has 0 aromatic heterocycles. The summed E-state index contributed by atoms with van der Waals surface area (Å²) in [6, 6.07) is 0. The number of carboxylic acids is 1. The summed E-state index contributed by atoms with van der Waals surface area (Å²) in [5, 5.41) is 20.6. The van der Waals surface area contributed by atoms with Crippen molar-refractivity contribution in [1.82, 2.24) is 5.06 Å². The van der Waals surface area contributed by atoms with Gasteiger partial charge in [0.1, 0.15) is 0 Å². The molecule has 0 spiro atoms. The Bertz CT molecular complexity index is 266. The molecule has 0 aliphatic carbocycles. The van der Waals surface area contributed by atoms with Gasteiger partial charge in [-0.3, -0.25) is 4.79 Å². The highest BCUT2D eigenvalue weighted by Crippen LogP contribution is 2.46. The van der Waals surface area contributed by atoms with Gasteiger partial charge in [-0.1, -0.05) is 0 Å². The van der Waals surface area contributed by atoms with Crippen LogP contribution in [0.1, 0.15) is 47.5 Å². The second-order valence-electron chi connectivity index (χ2n) is 6.16. The second-order valence-corrected chi connectivity index (χ2v) is 6.16. The predicted octanol–water partition coefficient (Wildman–Crippen LogP) is 2.12. The third kappa shape index (κ3) is 2.01. The summed E-state index contributed by atoms with van der Waals surface area (Å²) in [5.41, 5.74) is -1.77. The summed E-state index contributed by atoms with van der Waals surface area (Å²) < 4.78 is 0.